The highest BCUT2D eigenvalue weighted by Gasteiger charge is 2.34. The molecule has 0 bridgehead atoms. The molecule has 0 aliphatic carbocycles. The number of aryl methyl sites for hydroxylation is 1. The van der Waals surface area contributed by atoms with Gasteiger partial charge in [-0.05, 0) is 67.0 Å². The maximum absolute atomic E-state index is 13.8. The standard InChI is InChI=1S/C31H33N5O2S/c1-5-39-31-34-30-32-22(4)27(29(37)33-26-13-9-10-20(2)21(26)3)28(36(30)35-31)24-14-16-25(17-15-24)38-19-18-23-11-7-6-8-12-23/h6-17,28H,5,18-19H2,1-4H3,(H,33,37)(H,32,34,35). The van der Waals surface area contributed by atoms with Crippen LogP contribution in [0, 0.1) is 13.8 Å². The van der Waals surface area contributed by atoms with Crippen molar-refractivity contribution in [3.05, 3.63) is 106 Å². The maximum atomic E-state index is 13.8. The van der Waals surface area contributed by atoms with Gasteiger partial charge in [-0.3, -0.25) is 4.79 Å². The molecule has 2 heterocycles. The van der Waals surface area contributed by atoms with E-state index in [0.29, 0.717) is 23.3 Å². The predicted octanol–water partition coefficient (Wildman–Crippen LogP) is 6.56. The van der Waals surface area contributed by atoms with Gasteiger partial charge in [-0.1, -0.05) is 73.3 Å². The lowest BCUT2D eigenvalue weighted by molar-refractivity contribution is -0.113. The molecule has 0 radical (unpaired) electrons. The molecule has 2 N–H and O–H groups in total. The SMILES string of the molecule is CCSc1nc2n(n1)C(c1ccc(OCCc3ccccc3)cc1)C(C(=O)Nc1cccc(C)c1C)=C(C)N2. The van der Waals surface area contributed by atoms with Crippen molar-refractivity contribution < 1.29 is 9.53 Å². The number of ether oxygens (including phenoxy) is 1. The van der Waals surface area contributed by atoms with Crippen molar-refractivity contribution >= 4 is 29.3 Å². The average molecular weight is 540 g/mol. The van der Waals surface area contributed by atoms with Gasteiger partial charge in [0.25, 0.3) is 5.91 Å². The van der Waals surface area contributed by atoms with Crippen LogP contribution in [-0.4, -0.2) is 33.0 Å². The molecule has 0 saturated carbocycles. The number of carbonyl (C=O) groups is 1. The summed E-state index contributed by atoms with van der Waals surface area (Å²) in [5.41, 5.74) is 6.48. The van der Waals surface area contributed by atoms with Crippen molar-refractivity contribution in [1.82, 2.24) is 14.8 Å². The van der Waals surface area contributed by atoms with E-state index in [2.05, 4.69) is 34.7 Å². The predicted molar refractivity (Wildman–Crippen MR) is 158 cm³/mol. The summed E-state index contributed by atoms with van der Waals surface area (Å²) in [5, 5.41) is 11.9. The van der Waals surface area contributed by atoms with Crippen LogP contribution in [0.5, 0.6) is 5.75 Å². The quantitative estimate of drug-likeness (QED) is 0.235. The number of thioether (sulfide) groups is 1. The Hall–Kier alpha value is -4.04. The zero-order valence-corrected chi connectivity index (χ0v) is 23.5. The van der Waals surface area contributed by atoms with Gasteiger partial charge in [-0.15, -0.1) is 5.10 Å². The summed E-state index contributed by atoms with van der Waals surface area (Å²) in [4.78, 5) is 18.5. The highest BCUT2D eigenvalue weighted by atomic mass is 32.2. The lowest BCUT2D eigenvalue weighted by atomic mass is 9.94. The average Bonchev–Trinajstić information content (AvgIpc) is 3.33. The highest BCUT2D eigenvalue weighted by molar-refractivity contribution is 7.99. The van der Waals surface area contributed by atoms with Crippen molar-refractivity contribution in [2.24, 2.45) is 0 Å². The summed E-state index contributed by atoms with van der Waals surface area (Å²) in [7, 11) is 0. The molecule has 5 rings (SSSR count). The third kappa shape index (κ3) is 5.86. The molecule has 3 aromatic carbocycles. The minimum atomic E-state index is -0.441. The molecule has 1 aromatic heterocycles. The number of rotatable bonds is 9. The third-order valence-electron chi connectivity index (χ3n) is 6.90. The minimum Gasteiger partial charge on any atom is -0.493 e. The van der Waals surface area contributed by atoms with Gasteiger partial charge in [0.15, 0.2) is 0 Å². The van der Waals surface area contributed by atoms with E-state index < -0.39 is 6.04 Å². The number of carbonyl (C=O) groups excluding carboxylic acids is 1. The van der Waals surface area contributed by atoms with Crippen LogP contribution < -0.4 is 15.4 Å². The number of anilines is 2. The lowest BCUT2D eigenvalue weighted by Crippen LogP contribution is -2.31. The number of amides is 1. The Balaban J connectivity index is 1.43. The number of nitrogens with one attached hydrogen (secondary N) is 2. The summed E-state index contributed by atoms with van der Waals surface area (Å²) in [5.74, 6) is 2.09. The number of allylic oxidation sites excluding steroid dienone is 1. The summed E-state index contributed by atoms with van der Waals surface area (Å²) >= 11 is 1.57. The molecule has 0 spiro atoms. The maximum Gasteiger partial charge on any atom is 0.255 e. The zero-order chi connectivity index (χ0) is 27.4. The Morgan fingerprint density at radius 1 is 1.03 bits per heavy atom. The van der Waals surface area contributed by atoms with E-state index in [1.165, 1.54) is 5.56 Å². The van der Waals surface area contributed by atoms with Crippen molar-refractivity contribution in [2.75, 3.05) is 23.0 Å². The number of nitrogens with zero attached hydrogens (tertiary/aromatic N) is 3. The summed E-state index contributed by atoms with van der Waals surface area (Å²) < 4.78 is 7.83. The van der Waals surface area contributed by atoms with Crippen LogP contribution >= 0.6 is 11.8 Å². The molecule has 1 aliphatic heterocycles. The molecule has 1 amide bonds. The van der Waals surface area contributed by atoms with E-state index in [-0.39, 0.29) is 5.91 Å². The Labute approximate surface area is 233 Å². The molecule has 0 saturated heterocycles. The van der Waals surface area contributed by atoms with E-state index >= 15 is 0 Å². The second-order valence-corrected chi connectivity index (χ2v) is 10.7. The van der Waals surface area contributed by atoms with Gasteiger partial charge in [0.2, 0.25) is 11.1 Å². The second kappa shape index (κ2) is 11.8. The van der Waals surface area contributed by atoms with Gasteiger partial charge >= 0.3 is 0 Å². The van der Waals surface area contributed by atoms with Crippen LogP contribution in [0.4, 0.5) is 11.6 Å². The van der Waals surface area contributed by atoms with Gasteiger partial charge in [0, 0.05) is 17.8 Å². The van der Waals surface area contributed by atoms with Crippen LogP contribution in [0.15, 0.2) is 89.2 Å². The molecule has 1 atom stereocenters. The molecule has 39 heavy (non-hydrogen) atoms. The molecule has 7 nitrogen and oxygen atoms in total. The van der Waals surface area contributed by atoms with Crippen molar-refractivity contribution in [3.8, 4) is 5.75 Å². The zero-order valence-electron chi connectivity index (χ0n) is 22.7. The molecule has 1 unspecified atom stereocenters. The first kappa shape index (κ1) is 26.6. The second-order valence-electron chi connectivity index (χ2n) is 9.52. The fourth-order valence-corrected chi connectivity index (χ4v) is 5.23. The minimum absolute atomic E-state index is 0.173. The fourth-order valence-electron chi connectivity index (χ4n) is 4.68. The van der Waals surface area contributed by atoms with Crippen LogP contribution in [0.25, 0.3) is 0 Å². The van der Waals surface area contributed by atoms with Crippen LogP contribution in [0.3, 0.4) is 0 Å². The molecule has 200 valence electrons. The van der Waals surface area contributed by atoms with Crippen molar-refractivity contribution in [2.45, 2.75) is 45.3 Å². The highest BCUT2D eigenvalue weighted by Crippen LogP contribution is 2.37. The molecule has 8 heteroatoms. The Morgan fingerprint density at radius 3 is 2.54 bits per heavy atom. The first-order valence-corrected chi connectivity index (χ1v) is 14.1. The van der Waals surface area contributed by atoms with Gasteiger partial charge < -0.3 is 15.4 Å². The normalized spacial score (nSPS) is 14.5. The van der Waals surface area contributed by atoms with Crippen LogP contribution in [0.1, 0.15) is 42.1 Å². The van der Waals surface area contributed by atoms with Crippen molar-refractivity contribution in [1.29, 1.82) is 0 Å². The Bertz CT molecular complexity index is 1500. The van der Waals surface area contributed by atoms with Crippen LogP contribution in [0.2, 0.25) is 0 Å². The van der Waals surface area contributed by atoms with E-state index in [0.717, 1.165) is 46.0 Å². The van der Waals surface area contributed by atoms with E-state index in [1.807, 2.05) is 86.1 Å². The first-order chi connectivity index (χ1) is 18.9. The molecule has 1 aliphatic rings. The van der Waals surface area contributed by atoms with Gasteiger partial charge in [0.05, 0.1) is 12.2 Å². The largest absolute Gasteiger partial charge is 0.493 e. The topological polar surface area (TPSA) is 81.1 Å². The van der Waals surface area contributed by atoms with E-state index in [1.54, 1.807) is 11.8 Å². The van der Waals surface area contributed by atoms with E-state index in [4.69, 9.17) is 9.84 Å². The number of benzene rings is 3. The molecular formula is C31H33N5O2S. The van der Waals surface area contributed by atoms with Crippen LogP contribution in [-0.2, 0) is 11.2 Å². The third-order valence-corrected chi connectivity index (χ3v) is 7.62. The molecule has 0 fully saturated rings. The summed E-state index contributed by atoms with van der Waals surface area (Å²) in [6.45, 7) is 8.63. The number of fused-ring (bicyclic) bond motifs is 1. The van der Waals surface area contributed by atoms with Gasteiger partial charge in [-0.2, -0.15) is 4.98 Å². The monoisotopic (exact) mass is 539 g/mol. The smallest absolute Gasteiger partial charge is 0.255 e. The molecule has 4 aromatic rings. The van der Waals surface area contributed by atoms with Gasteiger partial charge in [0.1, 0.15) is 11.8 Å². The van der Waals surface area contributed by atoms with E-state index in [9.17, 15) is 4.79 Å². The van der Waals surface area contributed by atoms with Gasteiger partial charge in [-0.25, -0.2) is 4.68 Å². The first-order valence-electron chi connectivity index (χ1n) is 13.2. The fraction of sp³-hybridized carbons (Fsp3) is 0.258. The Kier molecular flexibility index (Phi) is 8.02. The summed E-state index contributed by atoms with van der Waals surface area (Å²) in [6.07, 6.45) is 0.835. The number of aromatic nitrogens is 3. The summed E-state index contributed by atoms with van der Waals surface area (Å²) in [6, 6.07) is 23.7. The Morgan fingerprint density at radius 2 is 1.79 bits per heavy atom. The number of hydrogen-bond acceptors (Lipinski definition) is 6. The van der Waals surface area contributed by atoms with Crippen molar-refractivity contribution in [3.63, 3.8) is 0 Å². The number of hydrogen-bond donors (Lipinski definition) is 2. The molecular weight excluding hydrogens is 506 g/mol. The lowest BCUT2D eigenvalue weighted by Gasteiger charge is -2.29.